The summed E-state index contributed by atoms with van der Waals surface area (Å²) in [4.78, 5) is 12.2. The van der Waals surface area contributed by atoms with Crippen molar-refractivity contribution < 1.29 is 4.74 Å². The van der Waals surface area contributed by atoms with Crippen LogP contribution in [0.3, 0.4) is 0 Å². The Balaban J connectivity index is 0.00000130. The molecular formula is C27H32N8O. The number of fused-ring (bicyclic) bond motifs is 1. The quantitative estimate of drug-likeness (QED) is 0.376. The molecular weight excluding hydrogens is 452 g/mol. The van der Waals surface area contributed by atoms with Crippen molar-refractivity contribution in [3.63, 3.8) is 0 Å². The predicted octanol–water partition coefficient (Wildman–Crippen LogP) is 4.39. The van der Waals surface area contributed by atoms with Gasteiger partial charge in [-0.3, -0.25) is 4.68 Å². The average molecular weight is 485 g/mol. The Morgan fingerprint density at radius 1 is 0.861 bits per heavy atom. The lowest BCUT2D eigenvalue weighted by atomic mass is 10.1. The lowest BCUT2D eigenvalue weighted by Crippen LogP contribution is -2.37. The van der Waals surface area contributed by atoms with Gasteiger partial charge in [-0.15, -0.1) is 0 Å². The van der Waals surface area contributed by atoms with Gasteiger partial charge in [-0.25, -0.2) is 9.67 Å². The van der Waals surface area contributed by atoms with Crippen molar-refractivity contribution in [1.82, 2.24) is 34.1 Å². The van der Waals surface area contributed by atoms with E-state index in [2.05, 4.69) is 45.8 Å². The van der Waals surface area contributed by atoms with Crippen LogP contribution in [0.2, 0.25) is 0 Å². The van der Waals surface area contributed by atoms with Crippen LogP contribution < -0.4 is 4.90 Å². The van der Waals surface area contributed by atoms with Gasteiger partial charge in [-0.2, -0.15) is 15.2 Å². The van der Waals surface area contributed by atoms with E-state index in [1.807, 2.05) is 63.2 Å². The number of ether oxygens (including phenoxy) is 1. The highest BCUT2D eigenvalue weighted by atomic mass is 16.5. The predicted molar refractivity (Wildman–Crippen MR) is 142 cm³/mol. The Labute approximate surface area is 211 Å². The van der Waals surface area contributed by atoms with E-state index in [9.17, 15) is 0 Å². The van der Waals surface area contributed by atoms with Gasteiger partial charge in [0.15, 0.2) is 5.82 Å². The highest BCUT2D eigenvalue weighted by Crippen LogP contribution is 2.32. The second-order valence-electron chi connectivity index (χ2n) is 8.66. The Kier molecular flexibility index (Phi) is 6.56. The minimum atomic E-state index is 0.547. The van der Waals surface area contributed by atoms with E-state index in [1.54, 1.807) is 4.68 Å². The van der Waals surface area contributed by atoms with Crippen LogP contribution in [-0.4, -0.2) is 60.4 Å². The average Bonchev–Trinajstić information content (AvgIpc) is 3.64. The Morgan fingerprint density at radius 3 is 2.36 bits per heavy atom. The van der Waals surface area contributed by atoms with Crippen LogP contribution in [0.15, 0.2) is 54.9 Å². The van der Waals surface area contributed by atoms with Crippen molar-refractivity contribution in [3.8, 4) is 28.6 Å². The summed E-state index contributed by atoms with van der Waals surface area (Å²) < 4.78 is 11.3. The molecule has 5 aromatic rings. The molecule has 0 bridgehead atoms. The summed E-state index contributed by atoms with van der Waals surface area (Å²) in [6, 6.07) is 14.4. The molecule has 0 spiro atoms. The molecule has 1 aliphatic rings. The fraction of sp³-hybridized carbons (Fsp3) is 0.333. The van der Waals surface area contributed by atoms with Gasteiger partial charge in [0, 0.05) is 45.1 Å². The number of anilines is 1. The molecule has 4 aromatic heterocycles. The van der Waals surface area contributed by atoms with E-state index in [0.29, 0.717) is 19.2 Å². The van der Waals surface area contributed by atoms with Crippen LogP contribution in [0, 0.1) is 6.92 Å². The van der Waals surface area contributed by atoms with Crippen LogP contribution in [0.1, 0.15) is 19.4 Å². The lowest BCUT2D eigenvalue weighted by Gasteiger charge is -2.28. The number of hydrogen-bond acceptors (Lipinski definition) is 6. The first kappa shape index (κ1) is 23.7. The highest BCUT2D eigenvalue weighted by Gasteiger charge is 2.23. The van der Waals surface area contributed by atoms with Gasteiger partial charge < -0.3 is 14.2 Å². The van der Waals surface area contributed by atoms with Gasteiger partial charge in [0.05, 0.1) is 30.1 Å². The summed E-state index contributed by atoms with van der Waals surface area (Å²) in [6.07, 6.45) is 3.87. The number of aromatic nitrogens is 7. The zero-order valence-corrected chi connectivity index (χ0v) is 21.5. The Hall–Kier alpha value is -3.98. The number of benzene rings is 1. The zero-order chi connectivity index (χ0) is 25.2. The van der Waals surface area contributed by atoms with E-state index >= 15 is 0 Å². The van der Waals surface area contributed by atoms with Gasteiger partial charge in [-0.05, 0) is 31.2 Å². The number of morpholine rings is 1. The van der Waals surface area contributed by atoms with E-state index < -0.39 is 0 Å². The summed E-state index contributed by atoms with van der Waals surface area (Å²) in [7, 11) is 3.97. The van der Waals surface area contributed by atoms with Gasteiger partial charge in [0.1, 0.15) is 11.2 Å². The van der Waals surface area contributed by atoms with Crippen LogP contribution in [0.25, 0.3) is 39.6 Å². The van der Waals surface area contributed by atoms with Crippen LogP contribution >= 0.6 is 0 Å². The van der Waals surface area contributed by atoms with Crippen LogP contribution in [0.5, 0.6) is 0 Å². The molecule has 0 aliphatic carbocycles. The maximum absolute atomic E-state index is 5.60. The normalized spacial score (nSPS) is 13.6. The number of nitrogens with zero attached hydrogens (tertiary/aromatic N) is 8. The van der Waals surface area contributed by atoms with E-state index in [4.69, 9.17) is 19.8 Å². The van der Waals surface area contributed by atoms with Gasteiger partial charge in [0.25, 0.3) is 5.95 Å². The van der Waals surface area contributed by atoms with Gasteiger partial charge in [0.2, 0.25) is 0 Å². The van der Waals surface area contributed by atoms with Crippen molar-refractivity contribution in [2.24, 2.45) is 14.1 Å². The summed E-state index contributed by atoms with van der Waals surface area (Å²) in [5.74, 6) is 1.44. The maximum atomic E-state index is 5.60. The number of aryl methyl sites for hydroxylation is 3. The third-order valence-corrected chi connectivity index (χ3v) is 6.25. The first-order chi connectivity index (χ1) is 17.6. The zero-order valence-electron chi connectivity index (χ0n) is 21.5. The molecule has 1 aliphatic heterocycles. The third kappa shape index (κ3) is 4.37. The Bertz CT molecular complexity index is 1490. The standard InChI is InChI=1S/C25H26N8O.C2H6/c1-17-5-4-6-18(15-17)19-8-10-33(29-19)25-26-21-16-22(20-7-9-30(2)28-20)31(3)23(21)24(27-25)32-11-13-34-14-12-32;1-2/h4-10,15-16H,11-14H2,1-3H3;1-2H3. The first-order valence-electron chi connectivity index (χ1n) is 12.4. The molecule has 0 atom stereocenters. The first-order valence-corrected chi connectivity index (χ1v) is 12.4. The van der Waals surface area contributed by atoms with Gasteiger partial charge in [-0.1, -0.05) is 37.6 Å². The summed E-state index contributed by atoms with van der Waals surface area (Å²) in [5, 5.41) is 9.40. The van der Waals surface area contributed by atoms with E-state index in [0.717, 1.165) is 52.6 Å². The third-order valence-electron chi connectivity index (χ3n) is 6.25. The SMILES string of the molecule is CC.Cc1cccc(-c2ccn(-c3nc(N4CCOCC4)c4c(cc(-c5ccn(C)n5)n4C)n3)n2)c1. The molecule has 5 heterocycles. The molecule has 0 amide bonds. The summed E-state index contributed by atoms with van der Waals surface area (Å²) >= 11 is 0. The second-order valence-corrected chi connectivity index (χ2v) is 8.66. The molecule has 0 radical (unpaired) electrons. The van der Waals surface area contributed by atoms with Crippen molar-refractivity contribution in [3.05, 3.63) is 60.4 Å². The lowest BCUT2D eigenvalue weighted by molar-refractivity contribution is 0.122. The largest absolute Gasteiger partial charge is 0.378 e. The van der Waals surface area contributed by atoms with Crippen LogP contribution in [-0.2, 0) is 18.8 Å². The Morgan fingerprint density at radius 2 is 1.64 bits per heavy atom. The molecule has 0 N–H and O–H groups in total. The molecule has 6 rings (SSSR count). The minimum absolute atomic E-state index is 0.547. The fourth-order valence-corrected chi connectivity index (χ4v) is 4.51. The van der Waals surface area contributed by atoms with Crippen LogP contribution in [0.4, 0.5) is 5.82 Å². The molecule has 9 nitrogen and oxygen atoms in total. The summed E-state index contributed by atoms with van der Waals surface area (Å²) in [5.41, 5.74) is 6.91. The number of rotatable bonds is 4. The van der Waals surface area contributed by atoms with E-state index in [-0.39, 0.29) is 0 Å². The molecule has 9 heteroatoms. The number of hydrogen-bond donors (Lipinski definition) is 0. The fourth-order valence-electron chi connectivity index (χ4n) is 4.51. The molecule has 36 heavy (non-hydrogen) atoms. The molecule has 1 fully saturated rings. The van der Waals surface area contributed by atoms with E-state index in [1.165, 1.54) is 5.56 Å². The topological polar surface area (TPSA) is 78.8 Å². The monoisotopic (exact) mass is 484 g/mol. The van der Waals surface area contributed by atoms with Crippen molar-refractivity contribution >= 4 is 16.9 Å². The smallest absolute Gasteiger partial charge is 0.253 e. The minimum Gasteiger partial charge on any atom is -0.378 e. The molecule has 0 unspecified atom stereocenters. The summed E-state index contributed by atoms with van der Waals surface area (Å²) in [6.45, 7) is 9.00. The molecule has 1 aromatic carbocycles. The maximum Gasteiger partial charge on any atom is 0.253 e. The second kappa shape index (κ2) is 9.94. The van der Waals surface area contributed by atoms with Crippen molar-refractivity contribution in [2.75, 3.05) is 31.2 Å². The molecule has 0 saturated carbocycles. The van der Waals surface area contributed by atoms with Crippen molar-refractivity contribution in [1.29, 1.82) is 0 Å². The molecule has 186 valence electrons. The molecule has 1 saturated heterocycles. The highest BCUT2D eigenvalue weighted by molar-refractivity contribution is 5.92. The van der Waals surface area contributed by atoms with Crippen molar-refractivity contribution in [2.45, 2.75) is 20.8 Å². The van der Waals surface area contributed by atoms with Gasteiger partial charge >= 0.3 is 0 Å².